The van der Waals surface area contributed by atoms with E-state index in [0.717, 1.165) is 15.6 Å². The van der Waals surface area contributed by atoms with Crippen LogP contribution in [0.2, 0.25) is 0 Å². The summed E-state index contributed by atoms with van der Waals surface area (Å²) in [5, 5.41) is 3.09. The van der Waals surface area contributed by atoms with E-state index in [1.807, 2.05) is 0 Å². The molecule has 0 fully saturated rings. The third-order valence-corrected chi connectivity index (χ3v) is 5.46. The van der Waals surface area contributed by atoms with Gasteiger partial charge in [-0.15, -0.1) is 0 Å². The third kappa shape index (κ3) is 4.48. The minimum Gasteiger partial charge on any atom is -0.464 e. The topological polar surface area (TPSA) is 106 Å². The first-order chi connectivity index (χ1) is 9.69. The van der Waals surface area contributed by atoms with Crippen LogP contribution in [0.15, 0.2) is 0 Å². The van der Waals surface area contributed by atoms with Crippen molar-refractivity contribution in [2.24, 2.45) is 0 Å². The minimum atomic E-state index is -3.32. The molecule has 0 radical (unpaired) electrons. The SMILES string of the molecule is COC(=O)c1nc(NCCS(=O)(=O)N(C)C)sc1C(C)=O. The molecule has 0 atom stereocenters. The maximum absolute atomic E-state index is 11.6. The maximum Gasteiger partial charge on any atom is 0.358 e. The molecule has 1 rings (SSSR count). The van der Waals surface area contributed by atoms with Crippen LogP contribution in [0.5, 0.6) is 0 Å². The lowest BCUT2D eigenvalue weighted by Crippen LogP contribution is -2.28. The summed E-state index contributed by atoms with van der Waals surface area (Å²) >= 11 is 0.989. The molecule has 1 aromatic heterocycles. The van der Waals surface area contributed by atoms with Crippen LogP contribution >= 0.6 is 11.3 Å². The number of nitrogens with one attached hydrogen (secondary N) is 1. The number of carbonyl (C=O) groups excluding carboxylic acids is 2. The van der Waals surface area contributed by atoms with Gasteiger partial charge in [0.15, 0.2) is 16.6 Å². The second kappa shape index (κ2) is 6.96. The molecule has 0 unspecified atom stereocenters. The van der Waals surface area contributed by atoms with Gasteiger partial charge < -0.3 is 10.1 Å². The smallest absolute Gasteiger partial charge is 0.358 e. The van der Waals surface area contributed by atoms with E-state index in [4.69, 9.17) is 0 Å². The van der Waals surface area contributed by atoms with Gasteiger partial charge >= 0.3 is 5.97 Å². The van der Waals surface area contributed by atoms with Crippen molar-refractivity contribution in [2.75, 3.05) is 38.8 Å². The Kier molecular flexibility index (Phi) is 5.81. The van der Waals surface area contributed by atoms with Gasteiger partial charge in [0.05, 0.1) is 12.9 Å². The van der Waals surface area contributed by atoms with Gasteiger partial charge in [0.1, 0.15) is 4.88 Å². The van der Waals surface area contributed by atoms with Gasteiger partial charge in [-0.2, -0.15) is 0 Å². The van der Waals surface area contributed by atoms with E-state index >= 15 is 0 Å². The highest BCUT2D eigenvalue weighted by atomic mass is 32.2. The number of ether oxygens (including phenoxy) is 1. The van der Waals surface area contributed by atoms with Gasteiger partial charge in [-0.3, -0.25) is 4.79 Å². The molecule has 118 valence electrons. The van der Waals surface area contributed by atoms with Crippen LogP contribution in [0.4, 0.5) is 5.13 Å². The van der Waals surface area contributed by atoms with Crippen LogP contribution in [0.3, 0.4) is 0 Å². The van der Waals surface area contributed by atoms with Gasteiger partial charge in [-0.1, -0.05) is 11.3 Å². The maximum atomic E-state index is 11.6. The average Bonchev–Trinajstić information content (AvgIpc) is 2.81. The molecule has 0 aromatic carbocycles. The molecule has 0 aliphatic heterocycles. The number of sulfonamides is 1. The largest absolute Gasteiger partial charge is 0.464 e. The number of hydrogen-bond acceptors (Lipinski definition) is 8. The zero-order valence-corrected chi connectivity index (χ0v) is 13.8. The Hall–Kier alpha value is -1.52. The summed E-state index contributed by atoms with van der Waals surface area (Å²) in [6.07, 6.45) is 0. The van der Waals surface area contributed by atoms with Crippen LogP contribution in [-0.4, -0.2) is 63.0 Å². The fraction of sp³-hybridized carbons (Fsp3) is 0.545. The molecule has 10 heteroatoms. The lowest BCUT2D eigenvalue weighted by Gasteiger charge is -2.10. The van der Waals surface area contributed by atoms with E-state index in [1.54, 1.807) is 0 Å². The summed E-state index contributed by atoms with van der Waals surface area (Å²) in [4.78, 5) is 27.1. The molecule has 0 amide bonds. The standard InChI is InChI=1S/C11H17N3O5S2/c1-7(15)9-8(10(16)19-4)13-11(20-9)12-5-6-21(17,18)14(2)3/h5-6H2,1-4H3,(H,12,13). The van der Waals surface area contributed by atoms with E-state index in [2.05, 4.69) is 15.0 Å². The molecular weight excluding hydrogens is 318 g/mol. The van der Waals surface area contributed by atoms with Crippen LogP contribution in [0, 0.1) is 0 Å². The zero-order chi connectivity index (χ0) is 16.2. The van der Waals surface area contributed by atoms with Crippen molar-refractivity contribution in [3.8, 4) is 0 Å². The number of hydrogen-bond donors (Lipinski definition) is 1. The number of ketones is 1. The number of rotatable bonds is 7. The normalized spacial score (nSPS) is 11.5. The average molecular weight is 335 g/mol. The van der Waals surface area contributed by atoms with Crippen molar-refractivity contribution in [3.05, 3.63) is 10.6 Å². The molecule has 0 saturated heterocycles. The molecule has 0 aliphatic rings. The van der Waals surface area contributed by atoms with Crippen molar-refractivity contribution in [2.45, 2.75) is 6.92 Å². The number of aromatic nitrogens is 1. The van der Waals surface area contributed by atoms with Gasteiger partial charge in [0, 0.05) is 27.6 Å². The van der Waals surface area contributed by atoms with Gasteiger partial charge in [0.25, 0.3) is 0 Å². The van der Waals surface area contributed by atoms with E-state index in [-0.39, 0.29) is 28.7 Å². The fourth-order valence-corrected chi connectivity index (χ4v) is 2.94. The quantitative estimate of drug-likeness (QED) is 0.569. The molecule has 0 saturated carbocycles. The lowest BCUT2D eigenvalue weighted by molar-refractivity contribution is 0.0591. The Balaban J connectivity index is 2.82. The predicted octanol–water partition coefficient (Wildman–Crippen LogP) is 0.436. The summed E-state index contributed by atoms with van der Waals surface area (Å²) in [6.45, 7) is 1.44. The summed E-state index contributed by atoms with van der Waals surface area (Å²) in [5.41, 5.74) is -0.0621. The van der Waals surface area contributed by atoms with Crippen LogP contribution in [-0.2, 0) is 14.8 Å². The van der Waals surface area contributed by atoms with E-state index < -0.39 is 16.0 Å². The first-order valence-corrected chi connectivity index (χ1v) is 8.35. The number of Topliss-reactive ketones (excluding diaryl/α,β-unsaturated/α-hetero) is 1. The second-order valence-electron chi connectivity index (χ2n) is 4.27. The van der Waals surface area contributed by atoms with Crippen molar-refractivity contribution in [1.29, 1.82) is 0 Å². The van der Waals surface area contributed by atoms with Crippen molar-refractivity contribution in [3.63, 3.8) is 0 Å². The molecule has 8 nitrogen and oxygen atoms in total. The highest BCUT2D eigenvalue weighted by Crippen LogP contribution is 2.24. The fourth-order valence-electron chi connectivity index (χ4n) is 1.34. The van der Waals surface area contributed by atoms with Crippen molar-refractivity contribution in [1.82, 2.24) is 9.29 Å². The monoisotopic (exact) mass is 335 g/mol. The number of methoxy groups -OCH3 is 1. The van der Waals surface area contributed by atoms with E-state index in [0.29, 0.717) is 5.13 Å². The third-order valence-electron chi connectivity index (χ3n) is 2.52. The summed E-state index contributed by atoms with van der Waals surface area (Å²) in [7, 11) is 0.770. The molecule has 0 spiro atoms. The Morgan fingerprint density at radius 1 is 1.38 bits per heavy atom. The van der Waals surface area contributed by atoms with Crippen molar-refractivity contribution < 1.29 is 22.7 Å². The lowest BCUT2D eigenvalue weighted by atomic mass is 10.3. The van der Waals surface area contributed by atoms with Crippen molar-refractivity contribution >= 4 is 38.2 Å². The number of esters is 1. The van der Waals surface area contributed by atoms with Gasteiger partial charge in [-0.25, -0.2) is 22.5 Å². The highest BCUT2D eigenvalue weighted by Gasteiger charge is 2.22. The van der Waals surface area contributed by atoms with Crippen LogP contribution in [0.25, 0.3) is 0 Å². The molecule has 1 aromatic rings. The number of thiazole rings is 1. The molecule has 21 heavy (non-hydrogen) atoms. The molecule has 1 N–H and O–H groups in total. The summed E-state index contributed by atoms with van der Waals surface area (Å²) in [5.74, 6) is -1.13. The molecule has 0 bridgehead atoms. The highest BCUT2D eigenvalue weighted by molar-refractivity contribution is 7.89. The zero-order valence-electron chi connectivity index (χ0n) is 12.2. The Morgan fingerprint density at radius 2 is 2.00 bits per heavy atom. The Morgan fingerprint density at radius 3 is 2.48 bits per heavy atom. The number of anilines is 1. The van der Waals surface area contributed by atoms with E-state index in [1.165, 1.54) is 28.1 Å². The summed E-state index contributed by atoms with van der Waals surface area (Å²) in [6, 6.07) is 0. The first kappa shape index (κ1) is 17.5. The van der Waals surface area contributed by atoms with Crippen LogP contribution in [0.1, 0.15) is 27.1 Å². The van der Waals surface area contributed by atoms with E-state index in [9.17, 15) is 18.0 Å². The first-order valence-electron chi connectivity index (χ1n) is 5.93. The Bertz CT molecular complexity index is 636. The Labute approximate surface area is 127 Å². The van der Waals surface area contributed by atoms with Crippen LogP contribution < -0.4 is 5.32 Å². The van der Waals surface area contributed by atoms with Gasteiger partial charge in [0.2, 0.25) is 10.0 Å². The summed E-state index contributed by atoms with van der Waals surface area (Å²) < 4.78 is 28.9. The predicted molar refractivity (Wildman–Crippen MR) is 79.4 cm³/mol. The number of nitrogens with zero attached hydrogens (tertiary/aromatic N) is 2. The minimum absolute atomic E-state index is 0.0621. The van der Waals surface area contributed by atoms with Gasteiger partial charge in [-0.05, 0) is 0 Å². The molecular formula is C11H17N3O5S2. The second-order valence-corrected chi connectivity index (χ2v) is 7.57. The number of carbonyl (C=O) groups is 2. The molecule has 1 heterocycles. The molecule has 0 aliphatic carbocycles.